The first-order chi connectivity index (χ1) is 19.9. The van der Waals surface area contributed by atoms with Gasteiger partial charge in [0.15, 0.2) is 5.66 Å². The summed E-state index contributed by atoms with van der Waals surface area (Å²) in [5.41, 5.74) is 18.4. The number of anilines is 4. The second kappa shape index (κ2) is 12.5. The number of amides is 2. The fraction of sp³-hybridized carbons (Fsp3) is 0.562. The molecule has 1 spiro atoms. The Kier molecular flexibility index (Phi) is 9.62. The fourth-order valence-corrected chi connectivity index (χ4v) is 8.26. The van der Waals surface area contributed by atoms with Crippen molar-refractivity contribution in [2.75, 3.05) is 69.1 Å². The molecule has 2 aromatic carbocycles. The molecule has 242 valence electrons. The maximum atomic E-state index is 14.0. The topological polar surface area (TPSA) is 117 Å². The van der Waals surface area contributed by atoms with Gasteiger partial charge in [-0.3, -0.25) is 9.59 Å². The monoisotopic (exact) mass is 646 g/mol. The van der Waals surface area contributed by atoms with E-state index in [0.717, 1.165) is 68.8 Å². The smallest absolute Gasteiger partial charge is 0.287 e. The minimum absolute atomic E-state index is 0. The van der Waals surface area contributed by atoms with Crippen molar-refractivity contribution in [2.24, 2.45) is 5.92 Å². The average molecular weight is 648 g/mol. The lowest BCUT2D eigenvalue weighted by Crippen LogP contribution is -3.00. The number of rotatable bonds is 2. The number of carbonyl (C=O) groups excluding carboxylic acids is 2. The normalized spacial score (nSPS) is 31.0. The van der Waals surface area contributed by atoms with E-state index in [4.69, 9.17) is 11.5 Å². The van der Waals surface area contributed by atoms with Gasteiger partial charge in [0, 0.05) is 42.1 Å². The number of hydrogen-bond acceptors (Lipinski definition) is 6. The van der Waals surface area contributed by atoms with Crippen LogP contribution in [0.15, 0.2) is 48.5 Å². The van der Waals surface area contributed by atoms with Gasteiger partial charge in [-0.25, -0.2) is 10.0 Å². The molecular weight excluding hydrogens is 599 g/mol. The molecule has 2 amide bonds. The fourth-order valence-electron chi connectivity index (χ4n) is 8.26. The van der Waals surface area contributed by atoms with E-state index in [1.165, 1.54) is 0 Å². The van der Waals surface area contributed by atoms with Crippen LogP contribution in [0.2, 0.25) is 0 Å². The summed E-state index contributed by atoms with van der Waals surface area (Å²) in [5.74, 6) is 0.440. The Balaban J connectivity index is 0.00000221. The summed E-state index contributed by atoms with van der Waals surface area (Å²) >= 11 is 0. The van der Waals surface area contributed by atoms with Crippen molar-refractivity contribution >= 4 is 34.6 Å². The maximum absolute atomic E-state index is 14.0. The van der Waals surface area contributed by atoms with E-state index in [0.29, 0.717) is 21.2 Å². The number of carbonyl (C=O) groups is 2. The van der Waals surface area contributed by atoms with Crippen molar-refractivity contribution in [2.45, 2.75) is 62.3 Å². The summed E-state index contributed by atoms with van der Waals surface area (Å²) in [7, 11) is 8.73. The van der Waals surface area contributed by atoms with Crippen LogP contribution in [-0.4, -0.2) is 92.5 Å². The van der Waals surface area contributed by atoms with Gasteiger partial charge in [-0.2, -0.15) is 0 Å². The lowest BCUT2D eigenvalue weighted by atomic mass is 9.78. The predicted molar refractivity (Wildman–Crippen MR) is 167 cm³/mol. The highest BCUT2D eigenvalue weighted by atomic mass is 35.5. The Morgan fingerprint density at radius 2 is 1.30 bits per heavy atom. The number of nitrogens with zero attached hydrogens (tertiary/aromatic N) is 4. The number of nitrogens with two attached hydrogens (primary N) is 2. The Labute approximate surface area is 274 Å². The number of nitrogen functional groups attached to an aromatic ring is 2. The summed E-state index contributed by atoms with van der Waals surface area (Å²) in [6.07, 6.45) is 5.54. The molecule has 4 bridgehead atoms. The van der Waals surface area contributed by atoms with Crippen LogP contribution in [0.1, 0.15) is 38.5 Å². The van der Waals surface area contributed by atoms with E-state index in [9.17, 15) is 9.59 Å². The van der Waals surface area contributed by atoms with E-state index in [1.807, 2.05) is 48.5 Å². The number of piperidine rings is 1. The van der Waals surface area contributed by atoms with E-state index in [1.54, 1.807) is 0 Å². The lowest BCUT2D eigenvalue weighted by Gasteiger charge is -2.56. The van der Waals surface area contributed by atoms with Crippen molar-refractivity contribution in [3.63, 3.8) is 0 Å². The molecule has 5 atom stereocenters. The molecule has 0 saturated carbocycles. The Morgan fingerprint density at radius 1 is 0.750 bits per heavy atom. The van der Waals surface area contributed by atoms with Crippen molar-refractivity contribution < 1.29 is 43.5 Å². The van der Waals surface area contributed by atoms with Crippen molar-refractivity contribution in [3.05, 3.63) is 48.5 Å². The Hall–Kier alpha value is -2.92. The molecule has 5 unspecified atom stereocenters. The van der Waals surface area contributed by atoms with Gasteiger partial charge < -0.3 is 55.9 Å². The summed E-state index contributed by atoms with van der Waals surface area (Å²) < 4.78 is 1.09. The van der Waals surface area contributed by atoms with E-state index in [2.05, 4.69) is 48.7 Å². The molecule has 4 aliphatic rings. The van der Waals surface area contributed by atoms with E-state index >= 15 is 0 Å². The molecule has 6 rings (SSSR count). The number of likely N-dealkylation sites (N-methyl/N-ethyl adjacent to an activating group) is 1. The summed E-state index contributed by atoms with van der Waals surface area (Å²) in [6, 6.07) is 15.4. The van der Waals surface area contributed by atoms with Crippen LogP contribution in [0.4, 0.5) is 22.7 Å². The largest absolute Gasteiger partial charge is 1.00 e. The molecular formula is C32H48Cl2N8O2. The van der Waals surface area contributed by atoms with Crippen molar-refractivity contribution in [1.29, 1.82) is 0 Å². The quantitative estimate of drug-likeness (QED) is 0.197. The second-order valence-electron chi connectivity index (χ2n) is 14.0. The average Bonchev–Trinajstić information content (AvgIpc) is 3.56. The van der Waals surface area contributed by atoms with Crippen LogP contribution in [0.25, 0.3) is 0 Å². The van der Waals surface area contributed by atoms with Gasteiger partial charge in [0.1, 0.15) is 24.7 Å². The van der Waals surface area contributed by atoms with Crippen molar-refractivity contribution in [1.82, 2.24) is 10.7 Å². The Bertz CT molecular complexity index is 1340. The molecule has 2 aromatic rings. The molecule has 0 aromatic heterocycles. The van der Waals surface area contributed by atoms with Crippen LogP contribution in [0, 0.1) is 5.92 Å². The molecule has 0 radical (unpaired) electrons. The molecule has 10 nitrogen and oxygen atoms in total. The molecule has 4 fully saturated rings. The van der Waals surface area contributed by atoms with Gasteiger partial charge in [-0.05, 0) is 74.2 Å². The highest BCUT2D eigenvalue weighted by Gasteiger charge is 2.64. The minimum atomic E-state index is -0.433. The number of benzene rings is 2. The molecule has 44 heavy (non-hydrogen) atoms. The van der Waals surface area contributed by atoms with E-state index < -0.39 is 5.66 Å². The number of fused-ring (bicyclic) bond motifs is 5. The van der Waals surface area contributed by atoms with Crippen LogP contribution in [-0.2, 0) is 9.59 Å². The second-order valence-corrected chi connectivity index (χ2v) is 14.0. The number of nitrogens with one attached hydrogen (secondary N) is 2. The summed E-state index contributed by atoms with van der Waals surface area (Å²) in [5, 5.41) is 3.66. The molecule has 4 heterocycles. The maximum Gasteiger partial charge on any atom is 0.287 e. The van der Waals surface area contributed by atoms with Gasteiger partial charge >= 0.3 is 0 Å². The first-order valence-electron chi connectivity index (χ1n) is 15.5. The SMILES string of the molecule is C[N+]1(C)CCCCCC2(NC(=O)C3CC2CN3c2ccc(N)cc2)[N+](C)(C)C2CC(C(=O)N1)N(c1ccc(N)cc1)C2.[Cl-].[Cl-]. The van der Waals surface area contributed by atoms with Gasteiger partial charge in [0.05, 0.1) is 40.7 Å². The van der Waals surface area contributed by atoms with Crippen LogP contribution >= 0.6 is 0 Å². The first kappa shape index (κ1) is 34.0. The van der Waals surface area contributed by atoms with E-state index in [-0.39, 0.29) is 60.7 Å². The summed E-state index contributed by atoms with van der Waals surface area (Å²) in [4.78, 5) is 32.4. The highest BCUT2D eigenvalue weighted by Crippen LogP contribution is 2.48. The molecule has 4 saturated heterocycles. The molecule has 4 aliphatic heterocycles. The van der Waals surface area contributed by atoms with Crippen LogP contribution in [0.5, 0.6) is 0 Å². The third-order valence-electron chi connectivity index (χ3n) is 10.8. The number of quaternary nitrogens is 2. The third kappa shape index (κ3) is 5.89. The van der Waals surface area contributed by atoms with Gasteiger partial charge in [0.25, 0.3) is 5.91 Å². The number of halogens is 2. The van der Waals surface area contributed by atoms with Crippen molar-refractivity contribution in [3.8, 4) is 0 Å². The highest BCUT2D eigenvalue weighted by molar-refractivity contribution is 5.88. The first-order valence-corrected chi connectivity index (χ1v) is 15.5. The van der Waals surface area contributed by atoms with Gasteiger partial charge in [0.2, 0.25) is 5.91 Å². The zero-order valence-electron chi connectivity index (χ0n) is 26.3. The zero-order chi connectivity index (χ0) is 29.9. The standard InChI is InChI=1S/C32H46N8O2.2ClH/c1-39(2)17-7-5-6-16-32(22-18-28(30(41)35-32)37(20-22)25-12-8-23(33)9-13-25)40(3,4)27-19-29(31(42)36-39)38(21-27)26-14-10-24(34)11-15-26;;/h8-15,22,27-29H,5-7,16-21,33-34H2,1-4H3;2*1H. The van der Waals surface area contributed by atoms with Gasteiger partial charge in [-0.1, -0.05) is 0 Å². The Morgan fingerprint density at radius 3 is 1.89 bits per heavy atom. The third-order valence-corrected chi connectivity index (χ3v) is 10.8. The predicted octanol–water partition coefficient (Wildman–Crippen LogP) is -3.71. The van der Waals surface area contributed by atoms with Gasteiger partial charge in [-0.15, -0.1) is 0 Å². The van der Waals surface area contributed by atoms with Crippen LogP contribution < -0.4 is 56.8 Å². The zero-order valence-corrected chi connectivity index (χ0v) is 27.8. The summed E-state index contributed by atoms with van der Waals surface area (Å²) in [6.45, 7) is 2.40. The van der Waals surface area contributed by atoms with Crippen LogP contribution in [0.3, 0.4) is 0 Å². The molecule has 6 N–H and O–H groups in total. The number of hydrogen-bond donors (Lipinski definition) is 4. The molecule has 0 aliphatic carbocycles. The lowest BCUT2D eigenvalue weighted by molar-refractivity contribution is -0.970. The minimum Gasteiger partial charge on any atom is -1.00 e. The molecule has 12 heteroatoms.